The number of aliphatic imine (C=N–C) groups is 2. The standard InChI is InChI=1S/C20H32N2/c1-15(2)13-21-19(5,6)17-10-9-11-18(12-17)20(7,8)22-14-16(3)4/h9-16H,1-8H3. The van der Waals surface area contributed by atoms with E-state index in [2.05, 4.69) is 79.7 Å². The van der Waals surface area contributed by atoms with Crippen LogP contribution in [-0.4, -0.2) is 12.4 Å². The van der Waals surface area contributed by atoms with Crippen LogP contribution in [0.4, 0.5) is 0 Å². The van der Waals surface area contributed by atoms with Gasteiger partial charge in [0.25, 0.3) is 0 Å². The Morgan fingerprint density at radius 1 is 0.773 bits per heavy atom. The molecule has 0 aromatic heterocycles. The highest BCUT2D eigenvalue weighted by molar-refractivity contribution is 5.61. The van der Waals surface area contributed by atoms with E-state index >= 15 is 0 Å². The van der Waals surface area contributed by atoms with E-state index < -0.39 is 0 Å². The van der Waals surface area contributed by atoms with Crippen LogP contribution in [-0.2, 0) is 11.1 Å². The lowest BCUT2D eigenvalue weighted by atomic mass is 9.88. The highest BCUT2D eigenvalue weighted by Gasteiger charge is 2.23. The first-order chi connectivity index (χ1) is 10.0. The minimum absolute atomic E-state index is 0.210. The van der Waals surface area contributed by atoms with Gasteiger partial charge in [0.2, 0.25) is 0 Å². The minimum atomic E-state index is -0.210. The maximum atomic E-state index is 4.76. The Morgan fingerprint density at radius 3 is 1.45 bits per heavy atom. The average Bonchev–Trinajstić information content (AvgIpc) is 2.43. The maximum Gasteiger partial charge on any atom is 0.0796 e. The predicted molar refractivity (Wildman–Crippen MR) is 99.2 cm³/mol. The van der Waals surface area contributed by atoms with E-state index in [9.17, 15) is 0 Å². The van der Waals surface area contributed by atoms with Crippen molar-refractivity contribution in [2.24, 2.45) is 21.8 Å². The van der Waals surface area contributed by atoms with Gasteiger partial charge in [0.05, 0.1) is 11.1 Å². The summed E-state index contributed by atoms with van der Waals surface area (Å²) in [5.41, 5.74) is 2.04. The Morgan fingerprint density at radius 2 is 1.14 bits per heavy atom. The molecule has 0 aliphatic heterocycles. The van der Waals surface area contributed by atoms with Crippen molar-refractivity contribution in [2.75, 3.05) is 0 Å². The lowest BCUT2D eigenvalue weighted by Gasteiger charge is -2.25. The van der Waals surface area contributed by atoms with E-state index in [-0.39, 0.29) is 11.1 Å². The van der Waals surface area contributed by atoms with Crippen molar-refractivity contribution in [3.63, 3.8) is 0 Å². The SMILES string of the molecule is CC(C)C=NC(C)(C)c1cccc(C(C)(C)N=CC(C)C)c1. The van der Waals surface area contributed by atoms with Crippen molar-refractivity contribution in [3.05, 3.63) is 35.4 Å². The van der Waals surface area contributed by atoms with Crippen molar-refractivity contribution in [1.29, 1.82) is 0 Å². The Bertz CT molecular complexity index is 489. The largest absolute Gasteiger partial charge is 0.286 e. The molecule has 0 radical (unpaired) electrons. The molecule has 0 fully saturated rings. The molecule has 22 heavy (non-hydrogen) atoms. The highest BCUT2D eigenvalue weighted by atomic mass is 14.8. The second-order valence-corrected chi connectivity index (χ2v) is 7.74. The molecule has 0 atom stereocenters. The zero-order valence-electron chi connectivity index (χ0n) is 15.5. The monoisotopic (exact) mass is 300 g/mol. The third-order valence-corrected chi connectivity index (χ3v) is 3.67. The zero-order chi connectivity index (χ0) is 17.0. The summed E-state index contributed by atoms with van der Waals surface area (Å²) < 4.78 is 0. The van der Waals surface area contributed by atoms with E-state index in [0.29, 0.717) is 11.8 Å². The number of rotatable bonds is 6. The molecule has 0 saturated carbocycles. The normalized spacial score (nSPS) is 13.9. The first-order valence-corrected chi connectivity index (χ1v) is 8.26. The van der Waals surface area contributed by atoms with E-state index in [0.717, 1.165) is 0 Å². The van der Waals surface area contributed by atoms with Gasteiger partial charge >= 0.3 is 0 Å². The van der Waals surface area contributed by atoms with Crippen LogP contribution >= 0.6 is 0 Å². The van der Waals surface area contributed by atoms with Gasteiger partial charge in [-0.3, -0.25) is 9.98 Å². The quantitative estimate of drug-likeness (QED) is 0.610. The number of nitrogens with zero attached hydrogens (tertiary/aromatic N) is 2. The average molecular weight is 300 g/mol. The van der Waals surface area contributed by atoms with Crippen molar-refractivity contribution >= 4 is 12.4 Å². The van der Waals surface area contributed by atoms with Gasteiger partial charge < -0.3 is 0 Å². The molecule has 1 rings (SSSR count). The summed E-state index contributed by atoms with van der Waals surface area (Å²) in [6.45, 7) is 17.3. The Kier molecular flexibility index (Phi) is 6.10. The molecule has 0 aliphatic carbocycles. The second kappa shape index (κ2) is 7.21. The summed E-state index contributed by atoms with van der Waals surface area (Å²) in [7, 11) is 0. The summed E-state index contributed by atoms with van der Waals surface area (Å²) >= 11 is 0. The van der Waals surface area contributed by atoms with Gasteiger partial charge in [-0.25, -0.2) is 0 Å². The van der Waals surface area contributed by atoms with E-state index in [1.54, 1.807) is 0 Å². The van der Waals surface area contributed by atoms with Crippen LogP contribution in [0, 0.1) is 11.8 Å². The molecule has 0 heterocycles. The highest BCUT2D eigenvalue weighted by Crippen LogP contribution is 2.31. The van der Waals surface area contributed by atoms with Gasteiger partial charge in [0.15, 0.2) is 0 Å². The van der Waals surface area contributed by atoms with Crippen LogP contribution in [0.15, 0.2) is 34.3 Å². The summed E-state index contributed by atoms with van der Waals surface area (Å²) in [5.74, 6) is 0.934. The van der Waals surface area contributed by atoms with Crippen LogP contribution in [0.2, 0.25) is 0 Å². The van der Waals surface area contributed by atoms with Crippen LogP contribution in [0.25, 0.3) is 0 Å². The minimum Gasteiger partial charge on any atom is -0.286 e. The molecule has 122 valence electrons. The molecular formula is C20H32N2. The zero-order valence-corrected chi connectivity index (χ0v) is 15.5. The van der Waals surface area contributed by atoms with E-state index in [1.807, 2.05) is 12.4 Å². The third kappa shape index (κ3) is 5.40. The Hall–Kier alpha value is -1.44. The van der Waals surface area contributed by atoms with Crippen LogP contribution in [0.5, 0.6) is 0 Å². The molecule has 2 nitrogen and oxygen atoms in total. The topological polar surface area (TPSA) is 24.7 Å². The summed E-state index contributed by atoms with van der Waals surface area (Å²) in [4.78, 5) is 9.52. The van der Waals surface area contributed by atoms with E-state index in [1.165, 1.54) is 11.1 Å². The molecule has 0 aliphatic rings. The lowest BCUT2D eigenvalue weighted by molar-refractivity contribution is 0.536. The fourth-order valence-electron chi connectivity index (χ4n) is 2.10. The Balaban J connectivity index is 3.13. The molecule has 0 unspecified atom stereocenters. The molecule has 0 bridgehead atoms. The molecule has 1 aromatic rings. The third-order valence-electron chi connectivity index (χ3n) is 3.67. The van der Waals surface area contributed by atoms with Gasteiger partial charge in [-0.1, -0.05) is 52.0 Å². The lowest BCUT2D eigenvalue weighted by Crippen LogP contribution is -2.19. The summed E-state index contributed by atoms with van der Waals surface area (Å²) in [6, 6.07) is 8.67. The fourth-order valence-corrected chi connectivity index (χ4v) is 2.10. The number of hydrogen-bond acceptors (Lipinski definition) is 2. The molecule has 0 N–H and O–H groups in total. The Labute approximate surface area is 136 Å². The number of benzene rings is 1. The molecule has 0 amide bonds. The van der Waals surface area contributed by atoms with Gasteiger partial charge in [-0.15, -0.1) is 0 Å². The fraction of sp³-hybridized carbons (Fsp3) is 0.600. The van der Waals surface area contributed by atoms with Crippen molar-refractivity contribution < 1.29 is 0 Å². The molecule has 1 aromatic carbocycles. The summed E-state index contributed by atoms with van der Waals surface area (Å²) in [5, 5.41) is 0. The van der Waals surface area contributed by atoms with Crippen LogP contribution in [0.1, 0.15) is 66.5 Å². The number of hydrogen-bond donors (Lipinski definition) is 0. The van der Waals surface area contributed by atoms with Gasteiger partial charge in [-0.2, -0.15) is 0 Å². The van der Waals surface area contributed by atoms with E-state index in [4.69, 9.17) is 9.98 Å². The van der Waals surface area contributed by atoms with Crippen molar-refractivity contribution in [1.82, 2.24) is 0 Å². The van der Waals surface area contributed by atoms with Crippen LogP contribution in [0.3, 0.4) is 0 Å². The smallest absolute Gasteiger partial charge is 0.0796 e. The second-order valence-electron chi connectivity index (χ2n) is 7.74. The first kappa shape index (κ1) is 18.6. The van der Waals surface area contributed by atoms with Crippen molar-refractivity contribution in [3.8, 4) is 0 Å². The van der Waals surface area contributed by atoms with Gasteiger partial charge in [0, 0.05) is 12.4 Å². The predicted octanol–water partition coefficient (Wildman–Crippen LogP) is 5.61. The molecule has 0 saturated heterocycles. The van der Waals surface area contributed by atoms with Crippen molar-refractivity contribution in [2.45, 2.75) is 66.5 Å². The first-order valence-electron chi connectivity index (χ1n) is 8.26. The molecular weight excluding hydrogens is 268 g/mol. The van der Waals surface area contributed by atoms with Crippen LogP contribution < -0.4 is 0 Å². The maximum absolute atomic E-state index is 4.76. The molecule has 2 heteroatoms. The summed E-state index contributed by atoms with van der Waals surface area (Å²) in [6.07, 6.45) is 4.07. The molecule has 0 spiro atoms. The van der Waals surface area contributed by atoms with Gasteiger partial charge in [0.1, 0.15) is 0 Å². The van der Waals surface area contributed by atoms with Gasteiger partial charge in [-0.05, 0) is 50.7 Å².